The molecule has 0 aliphatic carbocycles. The third-order valence-electron chi connectivity index (χ3n) is 5.24. The molecule has 0 atom stereocenters. The van der Waals surface area contributed by atoms with Gasteiger partial charge in [0.15, 0.2) is 0 Å². The second-order valence-electron chi connectivity index (χ2n) is 7.61. The quantitative estimate of drug-likeness (QED) is 0.422. The number of carbonyl (C=O) groups is 1. The molecule has 0 spiro atoms. The fourth-order valence-electron chi connectivity index (χ4n) is 3.45. The van der Waals surface area contributed by atoms with Crippen LogP contribution >= 0.6 is 11.8 Å². The number of hydrogen-bond acceptors (Lipinski definition) is 4. The summed E-state index contributed by atoms with van der Waals surface area (Å²) in [4.78, 5) is 13.4. The Morgan fingerprint density at radius 1 is 1.00 bits per heavy atom. The summed E-state index contributed by atoms with van der Waals surface area (Å²) < 4.78 is 39.8. The van der Waals surface area contributed by atoms with Crippen molar-refractivity contribution in [1.82, 2.24) is 9.62 Å². The first-order valence-corrected chi connectivity index (χ1v) is 13.1. The first kappa shape index (κ1) is 23.8. The fourth-order valence-corrected chi connectivity index (χ4v) is 5.82. The molecule has 31 heavy (non-hydrogen) atoms. The van der Waals surface area contributed by atoms with Gasteiger partial charge in [0.1, 0.15) is 5.82 Å². The minimum absolute atomic E-state index is 0.0169. The van der Waals surface area contributed by atoms with Crippen LogP contribution in [0.2, 0.25) is 0 Å². The first-order valence-electron chi connectivity index (χ1n) is 10.7. The highest BCUT2D eigenvalue weighted by Gasteiger charge is 2.25. The molecular formula is C23H29FN2O3S2. The van der Waals surface area contributed by atoms with Crippen LogP contribution < -0.4 is 5.32 Å². The Hall–Kier alpha value is -1.90. The molecule has 0 unspecified atom stereocenters. The predicted octanol–water partition coefficient (Wildman–Crippen LogP) is 4.23. The van der Waals surface area contributed by atoms with Crippen molar-refractivity contribution in [3.63, 3.8) is 0 Å². The van der Waals surface area contributed by atoms with Crippen LogP contribution in [0.25, 0.3) is 0 Å². The summed E-state index contributed by atoms with van der Waals surface area (Å²) in [6.07, 6.45) is 4.68. The number of nitrogens with zero attached hydrogens (tertiary/aromatic N) is 1. The highest BCUT2D eigenvalue weighted by atomic mass is 32.2. The summed E-state index contributed by atoms with van der Waals surface area (Å²) >= 11 is 1.63. The molecule has 0 radical (unpaired) electrons. The summed E-state index contributed by atoms with van der Waals surface area (Å²) in [6, 6.07) is 13.3. The van der Waals surface area contributed by atoms with E-state index in [1.807, 2.05) is 0 Å². The number of carbonyl (C=O) groups excluding carboxylic acids is 1. The lowest BCUT2D eigenvalue weighted by Crippen LogP contribution is -2.35. The van der Waals surface area contributed by atoms with Gasteiger partial charge >= 0.3 is 0 Å². The number of hydrogen-bond donors (Lipinski definition) is 1. The number of piperidine rings is 1. The molecule has 0 saturated carbocycles. The Labute approximate surface area is 188 Å². The van der Waals surface area contributed by atoms with Crippen LogP contribution in [-0.2, 0) is 21.2 Å². The number of amides is 1. The van der Waals surface area contributed by atoms with Crippen molar-refractivity contribution in [2.45, 2.75) is 48.3 Å². The molecule has 5 nitrogen and oxygen atoms in total. The molecule has 8 heteroatoms. The number of sulfonamides is 1. The van der Waals surface area contributed by atoms with Gasteiger partial charge in [0.05, 0.1) is 4.90 Å². The smallest absolute Gasteiger partial charge is 0.243 e. The molecule has 0 aromatic heterocycles. The van der Waals surface area contributed by atoms with Crippen LogP contribution in [0.3, 0.4) is 0 Å². The zero-order chi connectivity index (χ0) is 22.1. The molecule has 1 heterocycles. The lowest BCUT2D eigenvalue weighted by atomic mass is 10.1. The molecular weight excluding hydrogens is 435 g/mol. The number of nitrogens with one attached hydrogen (secondary N) is 1. The van der Waals surface area contributed by atoms with E-state index in [1.54, 1.807) is 52.5 Å². The lowest BCUT2D eigenvalue weighted by Gasteiger charge is -2.25. The zero-order valence-corrected chi connectivity index (χ0v) is 19.2. The largest absolute Gasteiger partial charge is 0.356 e. The van der Waals surface area contributed by atoms with Gasteiger partial charge in [-0.3, -0.25) is 4.79 Å². The maximum atomic E-state index is 12.9. The van der Waals surface area contributed by atoms with E-state index >= 15 is 0 Å². The van der Waals surface area contributed by atoms with Crippen molar-refractivity contribution in [1.29, 1.82) is 0 Å². The number of halogens is 1. The topological polar surface area (TPSA) is 66.5 Å². The van der Waals surface area contributed by atoms with Gasteiger partial charge in [-0.25, -0.2) is 12.8 Å². The number of aryl methyl sites for hydroxylation is 1. The average Bonchev–Trinajstić information content (AvgIpc) is 2.79. The molecule has 1 saturated heterocycles. The summed E-state index contributed by atoms with van der Waals surface area (Å²) in [5.41, 5.74) is 0.944. The SMILES string of the molecule is O=C(CCc1ccc(S(=O)(=O)N2CCCCC2)cc1)NCCCSc1ccc(F)cc1. The monoisotopic (exact) mass is 464 g/mol. The third-order valence-corrected chi connectivity index (χ3v) is 8.25. The Morgan fingerprint density at radius 2 is 1.68 bits per heavy atom. The minimum atomic E-state index is -3.42. The van der Waals surface area contributed by atoms with Crippen LogP contribution in [0.4, 0.5) is 4.39 Å². The highest BCUT2D eigenvalue weighted by Crippen LogP contribution is 2.21. The summed E-state index contributed by atoms with van der Waals surface area (Å²) in [7, 11) is -3.42. The van der Waals surface area contributed by atoms with Crippen LogP contribution in [0.1, 0.15) is 37.7 Å². The Kier molecular flexibility index (Phi) is 8.92. The van der Waals surface area contributed by atoms with E-state index in [2.05, 4.69) is 5.32 Å². The second kappa shape index (κ2) is 11.6. The molecule has 1 N–H and O–H groups in total. The Bertz CT molecular complexity index is 942. The van der Waals surface area contributed by atoms with Gasteiger partial charge in [0.25, 0.3) is 0 Å². The van der Waals surface area contributed by atoms with Crippen molar-refractivity contribution < 1.29 is 17.6 Å². The van der Waals surface area contributed by atoms with E-state index in [0.29, 0.717) is 37.4 Å². The van der Waals surface area contributed by atoms with Crippen molar-refractivity contribution in [3.05, 3.63) is 59.9 Å². The molecule has 1 aliphatic heterocycles. The van der Waals surface area contributed by atoms with E-state index in [0.717, 1.165) is 41.9 Å². The van der Waals surface area contributed by atoms with E-state index in [-0.39, 0.29) is 11.7 Å². The maximum absolute atomic E-state index is 12.9. The van der Waals surface area contributed by atoms with Gasteiger partial charge in [-0.1, -0.05) is 18.6 Å². The molecule has 1 aliphatic rings. The number of rotatable bonds is 10. The third kappa shape index (κ3) is 7.33. The summed E-state index contributed by atoms with van der Waals surface area (Å²) in [6.45, 7) is 1.78. The summed E-state index contributed by atoms with van der Waals surface area (Å²) in [5, 5.41) is 2.91. The van der Waals surface area contributed by atoms with Crippen molar-refractivity contribution in [2.24, 2.45) is 0 Å². The van der Waals surface area contributed by atoms with Gasteiger partial charge in [0.2, 0.25) is 15.9 Å². The molecule has 168 valence electrons. The van der Waals surface area contributed by atoms with E-state index in [9.17, 15) is 17.6 Å². The standard InChI is InChI=1S/C23H29FN2O3S2/c24-20-8-10-21(11-9-20)30-18-4-15-25-23(27)14-7-19-5-12-22(13-6-19)31(28,29)26-16-2-1-3-17-26/h5-6,8-13H,1-4,7,14-18H2,(H,25,27). The van der Waals surface area contributed by atoms with Gasteiger partial charge in [0, 0.05) is 31.0 Å². The minimum Gasteiger partial charge on any atom is -0.356 e. The van der Waals surface area contributed by atoms with Crippen molar-refractivity contribution in [3.8, 4) is 0 Å². The van der Waals surface area contributed by atoms with Crippen molar-refractivity contribution >= 4 is 27.7 Å². The van der Waals surface area contributed by atoms with Crippen LogP contribution in [0, 0.1) is 5.82 Å². The summed E-state index contributed by atoms with van der Waals surface area (Å²) in [5.74, 6) is 0.588. The number of benzene rings is 2. The van der Waals surface area contributed by atoms with E-state index in [1.165, 1.54) is 12.1 Å². The highest BCUT2D eigenvalue weighted by molar-refractivity contribution is 7.99. The lowest BCUT2D eigenvalue weighted by molar-refractivity contribution is -0.121. The second-order valence-corrected chi connectivity index (χ2v) is 10.7. The zero-order valence-electron chi connectivity index (χ0n) is 17.6. The maximum Gasteiger partial charge on any atom is 0.243 e. The fraction of sp³-hybridized carbons (Fsp3) is 0.435. The Morgan fingerprint density at radius 3 is 2.35 bits per heavy atom. The van der Waals surface area contributed by atoms with Gasteiger partial charge in [-0.05, 0) is 73.4 Å². The molecule has 0 bridgehead atoms. The van der Waals surface area contributed by atoms with Gasteiger partial charge < -0.3 is 5.32 Å². The average molecular weight is 465 g/mol. The van der Waals surface area contributed by atoms with Crippen LogP contribution in [-0.4, -0.2) is 44.0 Å². The normalized spacial score (nSPS) is 15.0. The van der Waals surface area contributed by atoms with E-state index in [4.69, 9.17) is 0 Å². The predicted molar refractivity (Wildman–Crippen MR) is 122 cm³/mol. The van der Waals surface area contributed by atoms with Crippen molar-refractivity contribution in [2.75, 3.05) is 25.4 Å². The van der Waals surface area contributed by atoms with Crippen LogP contribution in [0.15, 0.2) is 58.3 Å². The van der Waals surface area contributed by atoms with Crippen LogP contribution in [0.5, 0.6) is 0 Å². The molecule has 3 rings (SSSR count). The molecule has 1 fully saturated rings. The Balaban J connectivity index is 1.35. The molecule has 2 aromatic carbocycles. The van der Waals surface area contributed by atoms with E-state index < -0.39 is 10.0 Å². The van der Waals surface area contributed by atoms with Gasteiger partial charge in [-0.2, -0.15) is 4.31 Å². The number of thioether (sulfide) groups is 1. The molecule has 2 aromatic rings. The first-order chi connectivity index (χ1) is 14.9. The molecule has 1 amide bonds. The van der Waals surface area contributed by atoms with Gasteiger partial charge in [-0.15, -0.1) is 11.8 Å².